The molecule has 0 spiro atoms. The molecule has 46 heavy (non-hydrogen) atoms. The number of aromatic nitrogens is 3. The lowest BCUT2D eigenvalue weighted by Gasteiger charge is -2.15. The second-order valence-corrected chi connectivity index (χ2v) is 15.3. The molecule has 4 nitrogen and oxygen atoms in total. The van der Waals surface area contributed by atoms with E-state index in [1.54, 1.807) is 11.3 Å². The average molecular weight is 630 g/mol. The van der Waals surface area contributed by atoms with Gasteiger partial charge in [-0.25, -0.2) is 15.0 Å². The van der Waals surface area contributed by atoms with Gasteiger partial charge in [-0.05, 0) is 54.2 Å². The van der Waals surface area contributed by atoms with Crippen molar-refractivity contribution >= 4 is 49.3 Å². The number of hydrogen-bond donors (Lipinski definition) is 0. The molecule has 0 radical (unpaired) electrons. The van der Waals surface area contributed by atoms with Gasteiger partial charge in [0.1, 0.15) is 7.14 Å². The first-order chi connectivity index (χ1) is 22.5. The van der Waals surface area contributed by atoms with E-state index in [-0.39, 0.29) is 0 Å². The van der Waals surface area contributed by atoms with Crippen molar-refractivity contribution in [3.63, 3.8) is 0 Å². The first kappa shape index (κ1) is 28.3. The fraction of sp³-hybridized carbons (Fsp3) is 0.0250. The van der Waals surface area contributed by atoms with Crippen molar-refractivity contribution in [1.82, 2.24) is 15.0 Å². The third-order valence-corrected chi connectivity index (χ3v) is 12.0. The summed E-state index contributed by atoms with van der Waals surface area (Å²) in [5.41, 5.74) is 4.82. The standard InChI is InChI=1S/C40H28N3OPS/c1-45(44,32-17-6-3-7-18-32)33-19-11-16-30(25-33)39-41-38(29-15-10-14-28(24-29)27-12-4-2-5-13-27)42-40(43-39)31-22-23-37-35(26-31)34-20-8-9-21-36(34)46-37/h2-26H,1H3. The summed E-state index contributed by atoms with van der Waals surface area (Å²) >= 11 is 1.79. The van der Waals surface area contributed by atoms with E-state index in [1.807, 2.05) is 91.6 Å². The van der Waals surface area contributed by atoms with Gasteiger partial charge in [0.25, 0.3) is 0 Å². The fourth-order valence-corrected chi connectivity index (χ4v) is 8.75. The zero-order chi connectivity index (χ0) is 31.1. The minimum Gasteiger partial charge on any atom is -0.314 e. The highest BCUT2D eigenvalue weighted by Gasteiger charge is 2.22. The van der Waals surface area contributed by atoms with E-state index < -0.39 is 7.14 Å². The van der Waals surface area contributed by atoms with Crippen LogP contribution >= 0.6 is 18.5 Å². The Morgan fingerprint density at radius 1 is 0.435 bits per heavy atom. The summed E-state index contributed by atoms with van der Waals surface area (Å²) in [6.07, 6.45) is 0. The van der Waals surface area contributed by atoms with Crippen LogP contribution in [0.3, 0.4) is 0 Å². The van der Waals surface area contributed by atoms with Gasteiger partial charge < -0.3 is 4.57 Å². The minimum atomic E-state index is -2.84. The minimum absolute atomic E-state index is 0.537. The molecular weight excluding hydrogens is 602 g/mol. The van der Waals surface area contributed by atoms with Gasteiger partial charge in [0.15, 0.2) is 17.5 Å². The molecule has 8 rings (SSSR count). The lowest BCUT2D eigenvalue weighted by atomic mass is 10.0. The van der Waals surface area contributed by atoms with Crippen molar-refractivity contribution in [3.8, 4) is 45.3 Å². The lowest BCUT2D eigenvalue weighted by Crippen LogP contribution is -2.15. The number of fused-ring (bicyclic) bond motifs is 3. The molecule has 220 valence electrons. The van der Waals surface area contributed by atoms with Crippen LogP contribution in [0.25, 0.3) is 65.5 Å². The van der Waals surface area contributed by atoms with Crippen LogP contribution in [0.2, 0.25) is 0 Å². The second kappa shape index (κ2) is 11.6. The van der Waals surface area contributed by atoms with E-state index in [2.05, 4.69) is 66.7 Å². The van der Waals surface area contributed by atoms with Gasteiger partial charge in [-0.3, -0.25) is 0 Å². The molecule has 6 heteroatoms. The lowest BCUT2D eigenvalue weighted by molar-refractivity contribution is 0.590. The molecule has 0 saturated heterocycles. The second-order valence-electron chi connectivity index (χ2n) is 11.4. The summed E-state index contributed by atoms with van der Waals surface area (Å²) in [7, 11) is -2.84. The highest BCUT2D eigenvalue weighted by Crippen LogP contribution is 2.40. The van der Waals surface area contributed by atoms with Crippen LogP contribution in [0.5, 0.6) is 0 Å². The summed E-state index contributed by atoms with van der Waals surface area (Å²) in [6.45, 7) is 1.82. The molecule has 1 unspecified atom stereocenters. The normalized spacial score (nSPS) is 12.7. The molecule has 2 aromatic heterocycles. The van der Waals surface area contributed by atoms with E-state index in [1.165, 1.54) is 20.2 Å². The quantitative estimate of drug-likeness (QED) is 0.172. The Hall–Kier alpha value is -5.22. The largest absolute Gasteiger partial charge is 0.314 e. The molecule has 0 aliphatic heterocycles. The molecular formula is C40H28N3OPS. The van der Waals surface area contributed by atoms with Crippen molar-refractivity contribution in [2.45, 2.75) is 0 Å². The number of benzene rings is 6. The van der Waals surface area contributed by atoms with Crippen molar-refractivity contribution in [2.24, 2.45) is 0 Å². The Labute approximate surface area is 271 Å². The fourth-order valence-electron chi connectivity index (χ4n) is 5.87. The maximum atomic E-state index is 14.1. The molecule has 0 aliphatic rings. The maximum absolute atomic E-state index is 14.1. The van der Waals surface area contributed by atoms with Gasteiger partial charge in [0.05, 0.1) is 0 Å². The predicted octanol–water partition coefficient (Wildman–Crippen LogP) is 9.85. The summed E-state index contributed by atoms with van der Waals surface area (Å²) in [5.74, 6) is 1.71. The van der Waals surface area contributed by atoms with Crippen molar-refractivity contribution in [2.75, 3.05) is 6.66 Å². The van der Waals surface area contributed by atoms with E-state index in [4.69, 9.17) is 15.0 Å². The van der Waals surface area contributed by atoms with E-state index >= 15 is 0 Å². The molecule has 0 fully saturated rings. The van der Waals surface area contributed by atoms with E-state index in [0.29, 0.717) is 17.5 Å². The Kier molecular flexibility index (Phi) is 7.14. The summed E-state index contributed by atoms with van der Waals surface area (Å²) in [5, 5.41) is 3.99. The van der Waals surface area contributed by atoms with Crippen molar-refractivity contribution < 1.29 is 4.57 Å². The SMILES string of the molecule is CP(=O)(c1ccccc1)c1cccc(-c2nc(-c3cccc(-c4ccccc4)c3)nc(-c3ccc4sc5ccccc5c4c3)n2)c1. The zero-order valence-electron chi connectivity index (χ0n) is 25.0. The van der Waals surface area contributed by atoms with Gasteiger partial charge in [0, 0.05) is 47.5 Å². The van der Waals surface area contributed by atoms with E-state index in [0.717, 1.165) is 38.4 Å². The van der Waals surface area contributed by atoms with Gasteiger partial charge in [-0.2, -0.15) is 0 Å². The smallest absolute Gasteiger partial charge is 0.164 e. The first-order valence-corrected chi connectivity index (χ1v) is 18.1. The van der Waals surface area contributed by atoms with Gasteiger partial charge >= 0.3 is 0 Å². The predicted molar refractivity (Wildman–Crippen MR) is 194 cm³/mol. The van der Waals surface area contributed by atoms with Crippen LogP contribution in [0.4, 0.5) is 0 Å². The van der Waals surface area contributed by atoms with Crippen LogP contribution in [0.1, 0.15) is 0 Å². The number of rotatable bonds is 6. The summed E-state index contributed by atoms with van der Waals surface area (Å²) in [4.78, 5) is 15.1. The number of thiophene rings is 1. The molecule has 0 saturated carbocycles. The third-order valence-electron chi connectivity index (χ3n) is 8.34. The average Bonchev–Trinajstić information content (AvgIpc) is 3.50. The summed E-state index contributed by atoms with van der Waals surface area (Å²) in [6, 6.07) is 51.0. The Morgan fingerprint density at radius 2 is 0.957 bits per heavy atom. The number of nitrogens with zero attached hydrogens (tertiary/aromatic N) is 3. The Balaban J connectivity index is 1.30. The monoisotopic (exact) mass is 629 g/mol. The first-order valence-electron chi connectivity index (χ1n) is 15.1. The zero-order valence-corrected chi connectivity index (χ0v) is 26.8. The topological polar surface area (TPSA) is 55.7 Å². The molecule has 0 aliphatic carbocycles. The molecule has 1 atom stereocenters. The Bertz CT molecular complexity index is 2420. The van der Waals surface area contributed by atoms with Crippen LogP contribution in [0.15, 0.2) is 152 Å². The van der Waals surface area contributed by atoms with Gasteiger partial charge in [-0.1, -0.05) is 115 Å². The molecule has 2 heterocycles. The van der Waals surface area contributed by atoms with Gasteiger partial charge in [-0.15, -0.1) is 11.3 Å². The van der Waals surface area contributed by atoms with Gasteiger partial charge in [0.2, 0.25) is 0 Å². The highest BCUT2D eigenvalue weighted by molar-refractivity contribution is 7.78. The van der Waals surface area contributed by atoms with Crippen LogP contribution in [-0.2, 0) is 4.57 Å². The van der Waals surface area contributed by atoms with E-state index in [9.17, 15) is 4.57 Å². The molecule has 6 aromatic carbocycles. The molecule has 0 N–H and O–H groups in total. The molecule has 8 aromatic rings. The van der Waals surface area contributed by atoms with Crippen molar-refractivity contribution in [3.05, 3.63) is 152 Å². The summed E-state index contributed by atoms with van der Waals surface area (Å²) < 4.78 is 16.6. The maximum Gasteiger partial charge on any atom is 0.164 e. The molecule has 0 bridgehead atoms. The van der Waals surface area contributed by atoms with Crippen LogP contribution < -0.4 is 10.6 Å². The van der Waals surface area contributed by atoms with Crippen molar-refractivity contribution in [1.29, 1.82) is 0 Å². The highest BCUT2D eigenvalue weighted by atomic mass is 32.1. The van der Waals surface area contributed by atoms with Crippen LogP contribution in [-0.4, -0.2) is 21.6 Å². The molecule has 0 amide bonds. The van der Waals surface area contributed by atoms with Crippen LogP contribution in [0, 0.1) is 0 Å². The number of hydrogen-bond acceptors (Lipinski definition) is 5. The Morgan fingerprint density at radius 3 is 1.70 bits per heavy atom. The third kappa shape index (κ3) is 5.24.